The number of carbonyl (C=O) groups is 1. The summed E-state index contributed by atoms with van der Waals surface area (Å²) in [6.07, 6.45) is -0.214. The van der Waals surface area contributed by atoms with Gasteiger partial charge in [0.1, 0.15) is 5.75 Å². The minimum Gasteiger partial charge on any atom is -0.496 e. The van der Waals surface area contributed by atoms with Crippen molar-refractivity contribution < 1.29 is 14.4 Å². The number of oxime groups is 1. The predicted octanol–water partition coefficient (Wildman–Crippen LogP) is 1.85. The summed E-state index contributed by atoms with van der Waals surface area (Å²) in [6, 6.07) is 7.56. The zero-order valence-electron chi connectivity index (χ0n) is 14.9. The van der Waals surface area contributed by atoms with Gasteiger partial charge < -0.3 is 14.9 Å². The van der Waals surface area contributed by atoms with Gasteiger partial charge in [-0.2, -0.15) is 5.10 Å². The lowest BCUT2D eigenvalue weighted by Gasteiger charge is -2.10. The summed E-state index contributed by atoms with van der Waals surface area (Å²) in [5.41, 5.74) is 4.54. The normalized spacial score (nSPS) is 16.3. The SMILES string of the molecule is COc1ccccc1C1=NOC(C(=O)NCc2c(C)nn(C)c2C)C1. The van der Waals surface area contributed by atoms with Gasteiger partial charge >= 0.3 is 0 Å². The number of nitrogens with one attached hydrogen (secondary N) is 1. The quantitative estimate of drug-likeness (QED) is 0.900. The number of aromatic nitrogens is 2. The fourth-order valence-electron chi connectivity index (χ4n) is 2.92. The van der Waals surface area contributed by atoms with Crippen LogP contribution in [0.4, 0.5) is 0 Å². The molecular formula is C18H22N4O3. The number of nitrogens with zero attached hydrogens (tertiary/aromatic N) is 3. The van der Waals surface area contributed by atoms with E-state index in [-0.39, 0.29) is 5.91 Å². The van der Waals surface area contributed by atoms with E-state index < -0.39 is 6.10 Å². The maximum Gasteiger partial charge on any atom is 0.264 e. The monoisotopic (exact) mass is 342 g/mol. The van der Waals surface area contributed by atoms with Crippen LogP contribution < -0.4 is 10.1 Å². The van der Waals surface area contributed by atoms with Crippen LogP contribution in [0, 0.1) is 13.8 Å². The van der Waals surface area contributed by atoms with E-state index in [4.69, 9.17) is 9.57 Å². The van der Waals surface area contributed by atoms with Crippen molar-refractivity contribution in [2.45, 2.75) is 32.9 Å². The Morgan fingerprint density at radius 3 is 2.84 bits per heavy atom. The third-order valence-corrected chi connectivity index (χ3v) is 4.48. The molecule has 7 nitrogen and oxygen atoms in total. The zero-order valence-corrected chi connectivity index (χ0v) is 14.9. The molecule has 0 saturated carbocycles. The van der Waals surface area contributed by atoms with Gasteiger partial charge in [-0.15, -0.1) is 0 Å². The third-order valence-electron chi connectivity index (χ3n) is 4.48. The second-order valence-electron chi connectivity index (χ2n) is 6.03. The zero-order chi connectivity index (χ0) is 18.0. The van der Waals surface area contributed by atoms with Crippen LogP contribution in [-0.2, 0) is 23.2 Å². The highest BCUT2D eigenvalue weighted by atomic mass is 16.6. The van der Waals surface area contributed by atoms with Gasteiger partial charge in [0.05, 0.1) is 18.5 Å². The van der Waals surface area contributed by atoms with Gasteiger partial charge in [0.15, 0.2) is 0 Å². The Morgan fingerprint density at radius 2 is 2.16 bits per heavy atom. The van der Waals surface area contributed by atoms with E-state index in [0.29, 0.717) is 24.4 Å². The molecule has 132 valence electrons. The highest BCUT2D eigenvalue weighted by Gasteiger charge is 2.30. The first kappa shape index (κ1) is 17.0. The van der Waals surface area contributed by atoms with Crippen LogP contribution in [0.5, 0.6) is 5.75 Å². The largest absolute Gasteiger partial charge is 0.496 e. The molecule has 25 heavy (non-hydrogen) atoms. The molecule has 1 unspecified atom stereocenters. The van der Waals surface area contributed by atoms with E-state index in [0.717, 1.165) is 22.5 Å². The number of benzene rings is 1. The van der Waals surface area contributed by atoms with E-state index in [1.807, 2.05) is 49.8 Å². The van der Waals surface area contributed by atoms with Crippen LogP contribution >= 0.6 is 0 Å². The minimum atomic E-state index is -0.628. The Kier molecular flexibility index (Phi) is 4.74. The molecule has 0 saturated heterocycles. The van der Waals surface area contributed by atoms with Gasteiger partial charge in [-0.05, 0) is 26.0 Å². The summed E-state index contributed by atoms with van der Waals surface area (Å²) < 4.78 is 7.15. The van der Waals surface area contributed by atoms with E-state index in [9.17, 15) is 4.79 Å². The second-order valence-corrected chi connectivity index (χ2v) is 6.03. The lowest BCUT2D eigenvalue weighted by molar-refractivity contribution is -0.131. The molecule has 1 atom stereocenters. The van der Waals surface area contributed by atoms with E-state index in [1.165, 1.54) is 0 Å². The Morgan fingerprint density at radius 1 is 1.40 bits per heavy atom. The van der Waals surface area contributed by atoms with E-state index in [2.05, 4.69) is 15.6 Å². The first-order chi connectivity index (χ1) is 12.0. The number of para-hydroxylation sites is 1. The molecule has 1 aliphatic heterocycles. The summed E-state index contributed by atoms with van der Waals surface area (Å²) in [5.74, 6) is 0.531. The number of hydrogen-bond donors (Lipinski definition) is 1. The highest BCUT2D eigenvalue weighted by molar-refractivity contribution is 6.05. The average molecular weight is 342 g/mol. The summed E-state index contributed by atoms with van der Waals surface area (Å²) >= 11 is 0. The van der Waals surface area contributed by atoms with Gasteiger partial charge in [0, 0.05) is 36.8 Å². The van der Waals surface area contributed by atoms with Gasteiger partial charge in [-0.1, -0.05) is 17.3 Å². The first-order valence-corrected chi connectivity index (χ1v) is 8.14. The lowest BCUT2D eigenvalue weighted by atomic mass is 10.0. The summed E-state index contributed by atoms with van der Waals surface area (Å²) in [6.45, 7) is 4.34. The molecule has 3 rings (SSSR count). The van der Waals surface area contributed by atoms with Crippen molar-refractivity contribution in [3.63, 3.8) is 0 Å². The molecule has 0 radical (unpaired) electrons. The fraction of sp³-hybridized carbons (Fsp3) is 0.389. The van der Waals surface area contributed by atoms with Crippen molar-refractivity contribution in [3.05, 3.63) is 46.8 Å². The van der Waals surface area contributed by atoms with Crippen molar-refractivity contribution in [1.29, 1.82) is 0 Å². The van der Waals surface area contributed by atoms with Crippen LogP contribution in [0.2, 0.25) is 0 Å². The summed E-state index contributed by atoms with van der Waals surface area (Å²) in [5, 5.41) is 11.3. The fourth-order valence-corrected chi connectivity index (χ4v) is 2.92. The predicted molar refractivity (Wildman–Crippen MR) is 93.5 cm³/mol. The Labute approximate surface area is 146 Å². The molecule has 1 N–H and O–H groups in total. The van der Waals surface area contributed by atoms with Crippen LogP contribution in [-0.4, -0.2) is 34.6 Å². The number of amides is 1. The molecule has 0 bridgehead atoms. The Bertz CT molecular complexity index is 826. The Balaban J connectivity index is 1.62. The van der Waals surface area contributed by atoms with Crippen molar-refractivity contribution >= 4 is 11.6 Å². The maximum atomic E-state index is 12.4. The number of aryl methyl sites for hydroxylation is 2. The smallest absolute Gasteiger partial charge is 0.264 e. The van der Waals surface area contributed by atoms with Crippen molar-refractivity contribution in [3.8, 4) is 5.75 Å². The van der Waals surface area contributed by atoms with Crippen LogP contribution in [0.15, 0.2) is 29.4 Å². The Hall–Kier alpha value is -2.83. The maximum absolute atomic E-state index is 12.4. The van der Waals surface area contributed by atoms with E-state index >= 15 is 0 Å². The summed E-state index contributed by atoms with van der Waals surface area (Å²) in [4.78, 5) is 17.7. The number of ether oxygens (including phenoxy) is 1. The molecule has 0 spiro atoms. The number of carbonyl (C=O) groups excluding carboxylic acids is 1. The lowest BCUT2D eigenvalue weighted by Crippen LogP contribution is -2.34. The van der Waals surface area contributed by atoms with Gasteiger partial charge in [0.25, 0.3) is 5.91 Å². The average Bonchev–Trinajstić information content (AvgIpc) is 3.19. The molecule has 7 heteroatoms. The molecule has 1 amide bonds. The molecule has 2 heterocycles. The topological polar surface area (TPSA) is 77.7 Å². The molecule has 0 aliphatic carbocycles. The molecule has 0 fully saturated rings. The number of methoxy groups -OCH3 is 1. The van der Waals surface area contributed by atoms with Crippen LogP contribution in [0.25, 0.3) is 0 Å². The molecule has 1 aromatic heterocycles. The standard InChI is InChI=1S/C18H22N4O3/c1-11-14(12(2)22(3)20-11)10-19-18(23)17-9-15(21-25-17)13-7-5-6-8-16(13)24-4/h5-8,17H,9-10H2,1-4H3,(H,19,23). The van der Waals surface area contributed by atoms with Gasteiger partial charge in [-0.3, -0.25) is 9.48 Å². The van der Waals surface area contributed by atoms with Gasteiger partial charge in [0.2, 0.25) is 6.10 Å². The van der Waals surface area contributed by atoms with E-state index in [1.54, 1.807) is 7.11 Å². The highest BCUT2D eigenvalue weighted by Crippen LogP contribution is 2.24. The van der Waals surface area contributed by atoms with Crippen molar-refractivity contribution in [2.75, 3.05) is 7.11 Å². The minimum absolute atomic E-state index is 0.184. The number of hydrogen-bond acceptors (Lipinski definition) is 5. The van der Waals surface area contributed by atoms with Crippen LogP contribution in [0.1, 0.15) is 28.9 Å². The van der Waals surface area contributed by atoms with Gasteiger partial charge in [-0.25, -0.2) is 0 Å². The molecular weight excluding hydrogens is 320 g/mol. The summed E-state index contributed by atoms with van der Waals surface area (Å²) in [7, 11) is 3.50. The molecule has 1 aliphatic rings. The van der Waals surface area contributed by atoms with Crippen molar-refractivity contribution in [1.82, 2.24) is 15.1 Å². The molecule has 1 aromatic carbocycles. The number of rotatable bonds is 5. The first-order valence-electron chi connectivity index (χ1n) is 8.14. The second kappa shape index (κ2) is 6.96. The third kappa shape index (κ3) is 3.35. The van der Waals surface area contributed by atoms with Crippen LogP contribution in [0.3, 0.4) is 0 Å². The van der Waals surface area contributed by atoms with Crippen molar-refractivity contribution in [2.24, 2.45) is 12.2 Å². The molecule has 2 aromatic rings.